The minimum absolute atomic E-state index is 0.197. The Morgan fingerprint density at radius 2 is 2.00 bits per heavy atom. The van der Waals surface area contributed by atoms with Crippen LogP contribution >= 0.6 is 0 Å². The molecule has 0 saturated heterocycles. The topological polar surface area (TPSA) is 23.5 Å². The Morgan fingerprint density at radius 1 is 1.40 bits per heavy atom. The van der Waals surface area contributed by atoms with E-state index in [1.165, 1.54) is 0 Å². The lowest BCUT2D eigenvalue weighted by Gasteiger charge is -2.24. The maximum Gasteiger partial charge on any atom is 0.0958 e. The first kappa shape index (κ1) is 9.92. The highest BCUT2D eigenvalue weighted by Gasteiger charge is 2.07. The molecule has 0 aliphatic rings. The lowest BCUT2D eigenvalue weighted by Crippen LogP contribution is -2.33. The number of aliphatic hydroxyl groups is 1. The maximum absolute atomic E-state index is 8.88. The van der Waals surface area contributed by atoms with Gasteiger partial charge in [0.25, 0.3) is 0 Å². The van der Waals surface area contributed by atoms with Crippen molar-refractivity contribution < 1.29 is 5.11 Å². The number of aliphatic hydroxyl groups excluding tert-OH is 1. The molecular weight excluding hydrogens is 126 g/mol. The molecule has 0 saturated carbocycles. The first-order valence-corrected chi connectivity index (χ1v) is 4.11. The van der Waals surface area contributed by atoms with Gasteiger partial charge in [-0.1, -0.05) is 13.8 Å². The van der Waals surface area contributed by atoms with E-state index in [0.717, 1.165) is 19.4 Å². The molecule has 1 atom stereocenters. The Labute approximate surface area is 63.8 Å². The third-order valence-corrected chi connectivity index (χ3v) is 1.91. The van der Waals surface area contributed by atoms with Crippen molar-refractivity contribution in [2.24, 2.45) is 0 Å². The lowest BCUT2D eigenvalue weighted by molar-refractivity contribution is 0.0726. The Kier molecular flexibility index (Phi) is 5.64. The van der Waals surface area contributed by atoms with Crippen LogP contribution in [0, 0.1) is 0 Å². The van der Waals surface area contributed by atoms with Crippen LogP contribution in [-0.2, 0) is 0 Å². The van der Waals surface area contributed by atoms with Crippen molar-refractivity contribution in [2.45, 2.75) is 39.7 Å². The zero-order chi connectivity index (χ0) is 7.98. The van der Waals surface area contributed by atoms with Gasteiger partial charge in [-0.05, 0) is 19.8 Å². The van der Waals surface area contributed by atoms with E-state index >= 15 is 0 Å². The van der Waals surface area contributed by atoms with Crippen molar-refractivity contribution in [1.82, 2.24) is 4.90 Å². The Morgan fingerprint density at radius 3 is 2.30 bits per heavy atom. The summed E-state index contributed by atoms with van der Waals surface area (Å²) in [5.41, 5.74) is 0. The van der Waals surface area contributed by atoms with Crippen LogP contribution in [-0.4, -0.2) is 29.3 Å². The fourth-order valence-electron chi connectivity index (χ4n) is 0.976. The fourth-order valence-corrected chi connectivity index (χ4v) is 0.976. The first-order valence-electron chi connectivity index (χ1n) is 4.11. The Hall–Kier alpha value is -0.0800. The van der Waals surface area contributed by atoms with Crippen LogP contribution in [0.25, 0.3) is 0 Å². The van der Waals surface area contributed by atoms with Crippen LogP contribution < -0.4 is 0 Å². The molecule has 0 radical (unpaired) electrons. The van der Waals surface area contributed by atoms with Crippen molar-refractivity contribution in [3.63, 3.8) is 0 Å². The second-order valence-electron chi connectivity index (χ2n) is 2.71. The second kappa shape index (κ2) is 5.69. The SMILES string of the molecule is CCCN(CO)C(C)CC. The summed E-state index contributed by atoms with van der Waals surface area (Å²) < 4.78 is 0. The van der Waals surface area contributed by atoms with E-state index in [0.29, 0.717) is 6.04 Å². The monoisotopic (exact) mass is 145 g/mol. The highest BCUT2D eigenvalue weighted by Crippen LogP contribution is 2.01. The van der Waals surface area contributed by atoms with Crippen LogP contribution in [0.4, 0.5) is 0 Å². The second-order valence-corrected chi connectivity index (χ2v) is 2.71. The molecule has 0 spiro atoms. The van der Waals surface area contributed by atoms with E-state index in [1.54, 1.807) is 0 Å². The molecule has 1 unspecified atom stereocenters. The summed E-state index contributed by atoms with van der Waals surface area (Å²) in [6.07, 6.45) is 2.23. The number of rotatable bonds is 5. The number of hydrogen-bond donors (Lipinski definition) is 1. The summed E-state index contributed by atoms with van der Waals surface area (Å²) in [6, 6.07) is 0.518. The predicted molar refractivity (Wildman–Crippen MR) is 43.8 cm³/mol. The van der Waals surface area contributed by atoms with Gasteiger partial charge >= 0.3 is 0 Å². The highest BCUT2D eigenvalue weighted by molar-refractivity contribution is 4.60. The summed E-state index contributed by atoms with van der Waals surface area (Å²) >= 11 is 0. The van der Waals surface area contributed by atoms with Gasteiger partial charge in [-0.3, -0.25) is 4.90 Å². The minimum atomic E-state index is 0.197. The molecule has 2 nitrogen and oxygen atoms in total. The third-order valence-electron chi connectivity index (χ3n) is 1.91. The molecule has 0 amide bonds. The molecule has 10 heavy (non-hydrogen) atoms. The summed E-state index contributed by atoms with van der Waals surface area (Å²) in [4.78, 5) is 2.08. The number of nitrogens with zero attached hydrogens (tertiary/aromatic N) is 1. The van der Waals surface area contributed by atoms with Crippen molar-refractivity contribution in [3.8, 4) is 0 Å². The number of hydrogen-bond acceptors (Lipinski definition) is 2. The van der Waals surface area contributed by atoms with Gasteiger partial charge in [0, 0.05) is 12.6 Å². The van der Waals surface area contributed by atoms with E-state index < -0.39 is 0 Å². The van der Waals surface area contributed by atoms with E-state index in [2.05, 4.69) is 25.7 Å². The Bertz CT molecular complexity index is 75.7. The molecule has 0 aromatic rings. The van der Waals surface area contributed by atoms with Gasteiger partial charge in [0.1, 0.15) is 0 Å². The maximum atomic E-state index is 8.88. The van der Waals surface area contributed by atoms with Gasteiger partial charge < -0.3 is 5.11 Å². The average Bonchev–Trinajstić information content (AvgIpc) is 1.99. The molecule has 0 rings (SSSR count). The van der Waals surface area contributed by atoms with Gasteiger partial charge in [0.2, 0.25) is 0 Å². The van der Waals surface area contributed by atoms with Gasteiger partial charge in [-0.2, -0.15) is 0 Å². The molecule has 1 N–H and O–H groups in total. The van der Waals surface area contributed by atoms with E-state index in [4.69, 9.17) is 5.11 Å². The molecule has 0 fully saturated rings. The summed E-state index contributed by atoms with van der Waals surface area (Å²) in [6.45, 7) is 7.62. The van der Waals surface area contributed by atoms with Crippen LogP contribution in [0.1, 0.15) is 33.6 Å². The molecule has 0 aliphatic carbocycles. The van der Waals surface area contributed by atoms with E-state index in [-0.39, 0.29) is 6.73 Å². The first-order chi connectivity index (χ1) is 4.76. The molecule has 2 heteroatoms. The molecule has 0 aliphatic heterocycles. The van der Waals surface area contributed by atoms with Crippen molar-refractivity contribution >= 4 is 0 Å². The van der Waals surface area contributed by atoms with E-state index in [9.17, 15) is 0 Å². The van der Waals surface area contributed by atoms with Gasteiger partial charge in [-0.25, -0.2) is 0 Å². The standard InChI is InChI=1S/C8H19NO/c1-4-6-9(7-10)8(3)5-2/h8,10H,4-7H2,1-3H3. The summed E-state index contributed by atoms with van der Waals surface area (Å²) in [5.74, 6) is 0. The summed E-state index contributed by atoms with van der Waals surface area (Å²) in [5, 5.41) is 8.88. The molecule has 62 valence electrons. The van der Waals surface area contributed by atoms with Crippen LogP contribution in [0.5, 0.6) is 0 Å². The van der Waals surface area contributed by atoms with Crippen LogP contribution in [0.15, 0.2) is 0 Å². The molecule has 0 heterocycles. The molecule has 0 bridgehead atoms. The van der Waals surface area contributed by atoms with Gasteiger partial charge in [0.15, 0.2) is 0 Å². The molecule has 0 aromatic carbocycles. The smallest absolute Gasteiger partial charge is 0.0958 e. The van der Waals surface area contributed by atoms with Crippen molar-refractivity contribution in [1.29, 1.82) is 0 Å². The fraction of sp³-hybridized carbons (Fsp3) is 1.00. The largest absolute Gasteiger partial charge is 0.381 e. The van der Waals surface area contributed by atoms with Gasteiger partial charge in [0.05, 0.1) is 6.73 Å². The van der Waals surface area contributed by atoms with Crippen molar-refractivity contribution in [3.05, 3.63) is 0 Å². The Balaban J connectivity index is 3.56. The van der Waals surface area contributed by atoms with Gasteiger partial charge in [-0.15, -0.1) is 0 Å². The van der Waals surface area contributed by atoms with E-state index in [1.807, 2.05) is 0 Å². The summed E-state index contributed by atoms with van der Waals surface area (Å²) in [7, 11) is 0. The third kappa shape index (κ3) is 3.18. The lowest BCUT2D eigenvalue weighted by atomic mass is 10.2. The zero-order valence-electron chi connectivity index (χ0n) is 7.30. The van der Waals surface area contributed by atoms with Crippen LogP contribution in [0.2, 0.25) is 0 Å². The molecular formula is C8H19NO. The normalized spacial score (nSPS) is 14.1. The predicted octanol–water partition coefficient (Wildman–Crippen LogP) is 1.45. The average molecular weight is 145 g/mol. The zero-order valence-corrected chi connectivity index (χ0v) is 7.30. The highest BCUT2D eigenvalue weighted by atomic mass is 16.3. The quantitative estimate of drug-likeness (QED) is 0.592. The van der Waals surface area contributed by atoms with Crippen molar-refractivity contribution in [2.75, 3.05) is 13.3 Å². The molecule has 0 aromatic heterocycles. The van der Waals surface area contributed by atoms with Crippen LogP contribution in [0.3, 0.4) is 0 Å². The minimum Gasteiger partial charge on any atom is -0.381 e.